The van der Waals surface area contributed by atoms with Gasteiger partial charge in [-0.2, -0.15) is 0 Å². The summed E-state index contributed by atoms with van der Waals surface area (Å²) in [5.41, 5.74) is 3.95. The molecule has 0 aliphatic heterocycles. The van der Waals surface area contributed by atoms with Crippen LogP contribution in [0.25, 0.3) is 32.9 Å². The van der Waals surface area contributed by atoms with E-state index in [-0.39, 0.29) is 0 Å². The standard InChI is InChI=1S/C18H13NO/c20-16-11-10-14-13-8-4-5-9-15(13)19-18(14)17(16)12-6-2-1-3-7-12/h1-11,19-20H. The third-order valence-corrected chi connectivity index (χ3v) is 3.72. The van der Waals surface area contributed by atoms with E-state index in [0.717, 1.165) is 27.5 Å². The topological polar surface area (TPSA) is 36.0 Å². The van der Waals surface area contributed by atoms with Gasteiger partial charge in [0.1, 0.15) is 5.75 Å². The summed E-state index contributed by atoms with van der Waals surface area (Å²) >= 11 is 0. The largest absolute Gasteiger partial charge is 0.507 e. The SMILES string of the molecule is Oc1ccc2c([nH]c3ccccc32)c1-c1ccccc1. The lowest BCUT2D eigenvalue weighted by atomic mass is 10.0. The van der Waals surface area contributed by atoms with Crippen LogP contribution in [0, 0.1) is 0 Å². The molecule has 1 heterocycles. The lowest BCUT2D eigenvalue weighted by Crippen LogP contribution is -1.81. The highest BCUT2D eigenvalue weighted by atomic mass is 16.3. The number of fused-ring (bicyclic) bond motifs is 3. The fourth-order valence-electron chi connectivity index (χ4n) is 2.80. The number of nitrogens with one attached hydrogen (secondary N) is 1. The van der Waals surface area contributed by atoms with E-state index in [1.165, 1.54) is 5.39 Å². The van der Waals surface area contributed by atoms with Crippen molar-refractivity contribution in [2.75, 3.05) is 0 Å². The van der Waals surface area contributed by atoms with Crippen LogP contribution in [-0.4, -0.2) is 10.1 Å². The lowest BCUT2D eigenvalue weighted by Gasteiger charge is -2.06. The molecule has 0 fully saturated rings. The number of aromatic amines is 1. The maximum Gasteiger partial charge on any atom is 0.125 e. The van der Waals surface area contributed by atoms with Crippen LogP contribution in [0.15, 0.2) is 66.7 Å². The predicted molar refractivity (Wildman–Crippen MR) is 82.9 cm³/mol. The number of hydrogen-bond acceptors (Lipinski definition) is 1. The second-order valence-corrected chi connectivity index (χ2v) is 4.92. The fourth-order valence-corrected chi connectivity index (χ4v) is 2.80. The first-order chi connectivity index (χ1) is 9.84. The summed E-state index contributed by atoms with van der Waals surface area (Å²) in [6, 6.07) is 21.9. The molecule has 0 spiro atoms. The minimum absolute atomic E-state index is 0.301. The van der Waals surface area contributed by atoms with Gasteiger partial charge in [-0.1, -0.05) is 48.5 Å². The van der Waals surface area contributed by atoms with Crippen molar-refractivity contribution in [3.63, 3.8) is 0 Å². The lowest BCUT2D eigenvalue weighted by molar-refractivity contribution is 0.478. The molecular weight excluding hydrogens is 246 g/mol. The Labute approximate surface area is 116 Å². The number of para-hydroxylation sites is 1. The zero-order chi connectivity index (χ0) is 13.5. The molecule has 0 saturated heterocycles. The number of rotatable bonds is 1. The first-order valence-corrected chi connectivity index (χ1v) is 6.62. The van der Waals surface area contributed by atoms with E-state index in [1.54, 1.807) is 6.07 Å². The zero-order valence-electron chi connectivity index (χ0n) is 10.8. The Morgan fingerprint density at radius 1 is 0.700 bits per heavy atom. The number of hydrogen-bond donors (Lipinski definition) is 2. The third kappa shape index (κ3) is 1.51. The van der Waals surface area contributed by atoms with E-state index < -0.39 is 0 Å². The average molecular weight is 259 g/mol. The van der Waals surface area contributed by atoms with Gasteiger partial charge in [0.2, 0.25) is 0 Å². The Morgan fingerprint density at radius 3 is 2.30 bits per heavy atom. The van der Waals surface area contributed by atoms with Crippen molar-refractivity contribution in [3.8, 4) is 16.9 Å². The molecule has 20 heavy (non-hydrogen) atoms. The van der Waals surface area contributed by atoms with Crippen LogP contribution < -0.4 is 0 Å². The Kier molecular flexibility index (Phi) is 2.30. The molecule has 2 nitrogen and oxygen atoms in total. The summed E-state index contributed by atoms with van der Waals surface area (Å²) in [6.45, 7) is 0. The molecule has 3 aromatic carbocycles. The third-order valence-electron chi connectivity index (χ3n) is 3.72. The predicted octanol–water partition coefficient (Wildman–Crippen LogP) is 4.69. The summed E-state index contributed by atoms with van der Waals surface area (Å²) in [5.74, 6) is 0.301. The van der Waals surface area contributed by atoms with Crippen molar-refractivity contribution in [1.29, 1.82) is 0 Å². The van der Waals surface area contributed by atoms with E-state index in [0.29, 0.717) is 5.75 Å². The molecule has 0 aliphatic rings. The fraction of sp³-hybridized carbons (Fsp3) is 0. The van der Waals surface area contributed by atoms with E-state index >= 15 is 0 Å². The van der Waals surface area contributed by atoms with E-state index in [9.17, 15) is 5.11 Å². The zero-order valence-corrected chi connectivity index (χ0v) is 10.8. The molecule has 0 aliphatic carbocycles. The molecule has 0 atom stereocenters. The van der Waals surface area contributed by atoms with E-state index in [1.807, 2.05) is 48.5 Å². The highest BCUT2D eigenvalue weighted by Crippen LogP contribution is 2.38. The first kappa shape index (κ1) is 11.1. The van der Waals surface area contributed by atoms with Gasteiger partial charge in [-0.05, 0) is 23.8 Å². The van der Waals surface area contributed by atoms with Gasteiger partial charge in [0.05, 0.1) is 5.52 Å². The van der Waals surface area contributed by atoms with Crippen molar-refractivity contribution >= 4 is 21.8 Å². The minimum Gasteiger partial charge on any atom is -0.507 e. The van der Waals surface area contributed by atoms with Crippen LogP contribution in [0.5, 0.6) is 5.75 Å². The molecule has 0 saturated carbocycles. The monoisotopic (exact) mass is 259 g/mol. The van der Waals surface area contributed by atoms with Gasteiger partial charge in [0, 0.05) is 21.9 Å². The molecule has 0 unspecified atom stereocenters. The van der Waals surface area contributed by atoms with Crippen LogP contribution in [0.4, 0.5) is 0 Å². The van der Waals surface area contributed by atoms with Crippen LogP contribution in [0.2, 0.25) is 0 Å². The van der Waals surface area contributed by atoms with Gasteiger partial charge in [-0.25, -0.2) is 0 Å². The first-order valence-electron chi connectivity index (χ1n) is 6.62. The van der Waals surface area contributed by atoms with Crippen LogP contribution in [0.1, 0.15) is 0 Å². The number of phenolic OH excluding ortho intramolecular Hbond substituents is 1. The Bertz CT molecular complexity index is 907. The van der Waals surface area contributed by atoms with Crippen LogP contribution >= 0.6 is 0 Å². The molecule has 96 valence electrons. The van der Waals surface area contributed by atoms with Gasteiger partial charge in [0.25, 0.3) is 0 Å². The number of aromatic nitrogens is 1. The molecule has 2 heteroatoms. The van der Waals surface area contributed by atoms with Crippen molar-refractivity contribution in [1.82, 2.24) is 4.98 Å². The Hall–Kier alpha value is -2.74. The summed E-state index contributed by atoms with van der Waals surface area (Å²) < 4.78 is 0. The molecule has 4 rings (SSSR count). The van der Waals surface area contributed by atoms with Crippen molar-refractivity contribution in [2.24, 2.45) is 0 Å². The number of phenols is 1. The van der Waals surface area contributed by atoms with Gasteiger partial charge in [0.15, 0.2) is 0 Å². The second kappa shape index (κ2) is 4.14. The Morgan fingerprint density at radius 2 is 1.45 bits per heavy atom. The van der Waals surface area contributed by atoms with Crippen molar-refractivity contribution < 1.29 is 5.11 Å². The molecule has 0 amide bonds. The molecule has 0 bridgehead atoms. The number of benzene rings is 3. The highest BCUT2D eigenvalue weighted by Gasteiger charge is 2.13. The van der Waals surface area contributed by atoms with Gasteiger partial charge >= 0.3 is 0 Å². The summed E-state index contributed by atoms with van der Waals surface area (Å²) in [4.78, 5) is 3.43. The maximum atomic E-state index is 10.3. The maximum absolute atomic E-state index is 10.3. The van der Waals surface area contributed by atoms with E-state index in [4.69, 9.17) is 0 Å². The number of aromatic hydroxyl groups is 1. The van der Waals surface area contributed by atoms with Crippen molar-refractivity contribution in [3.05, 3.63) is 66.7 Å². The summed E-state index contributed by atoms with van der Waals surface area (Å²) in [7, 11) is 0. The van der Waals surface area contributed by atoms with Gasteiger partial charge in [-0.15, -0.1) is 0 Å². The quantitative estimate of drug-likeness (QED) is 0.511. The smallest absolute Gasteiger partial charge is 0.125 e. The number of H-pyrrole nitrogens is 1. The van der Waals surface area contributed by atoms with E-state index in [2.05, 4.69) is 17.1 Å². The minimum atomic E-state index is 0.301. The Balaban J connectivity index is 2.17. The molecule has 1 aromatic heterocycles. The molecule has 0 radical (unpaired) electrons. The van der Waals surface area contributed by atoms with Crippen LogP contribution in [-0.2, 0) is 0 Å². The summed E-state index contributed by atoms with van der Waals surface area (Å²) in [5, 5.41) is 12.6. The normalized spacial score (nSPS) is 11.2. The molecule has 4 aromatic rings. The molecular formula is C18H13NO. The van der Waals surface area contributed by atoms with Crippen LogP contribution in [0.3, 0.4) is 0 Å². The van der Waals surface area contributed by atoms with Gasteiger partial charge in [-0.3, -0.25) is 0 Å². The second-order valence-electron chi connectivity index (χ2n) is 4.92. The molecule has 2 N–H and O–H groups in total. The average Bonchev–Trinajstić information content (AvgIpc) is 2.86. The summed E-state index contributed by atoms with van der Waals surface area (Å²) in [6.07, 6.45) is 0. The van der Waals surface area contributed by atoms with Crippen molar-refractivity contribution in [2.45, 2.75) is 0 Å². The highest BCUT2D eigenvalue weighted by molar-refractivity contribution is 6.12. The van der Waals surface area contributed by atoms with Gasteiger partial charge < -0.3 is 10.1 Å².